The minimum absolute atomic E-state index is 0.388. The second kappa shape index (κ2) is 4.90. The number of hydrogen-bond acceptors (Lipinski definition) is 4. The molecule has 0 bridgehead atoms. The molecule has 0 radical (unpaired) electrons. The van der Waals surface area contributed by atoms with Gasteiger partial charge in [0.25, 0.3) is 0 Å². The average Bonchev–Trinajstić information content (AvgIpc) is 2.57. The number of benzene rings is 1. The van der Waals surface area contributed by atoms with Gasteiger partial charge in [0.15, 0.2) is 6.29 Å². The third-order valence-electron chi connectivity index (χ3n) is 4.25. The van der Waals surface area contributed by atoms with E-state index in [-0.39, 0.29) is 11.2 Å². The van der Waals surface area contributed by atoms with Crippen molar-refractivity contribution in [3.05, 3.63) is 23.3 Å². The zero-order valence-corrected chi connectivity index (χ0v) is 12.9. The highest BCUT2D eigenvalue weighted by molar-refractivity contribution is 6.62. The molecule has 1 saturated heterocycles. The molecule has 0 spiro atoms. The average molecular weight is 276 g/mol. The van der Waals surface area contributed by atoms with E-state index in [1.807, 2.05) is 40.7 Å². The Kier molecular flexibility index (Phi) is 3.69. The first-order chi connectivity index (χ1) is 9.21. The molecule has 0 amide bonds. The van der Waals surface area contributed by atoms with E-state index in [1.165, 1.54) is 0 Å². The Morgan fingerprint density at radius 2 is 1.70 bits per heavy atom. The lowest BCUT2D eigenvalue weighted by atomic mass is 9.75. The summed E-state index contributed by atoms with van der Waals surface area (Å²) in [4.78, 5) is 11.0. The number of aryl methyl sites for hydroxylation is 1. The maximum atomic E-state index is 11.0. The van der Waals surface area contributed by atoms with E-state index in [0.717, 1.165) is 17.3 Å². The summed E-state index contributed by atoms with van der Waals surface area (Å²) in [6, 6.07) is 3.62. The molecule has 20 heavy (non-hydrogen) atoms. The van der Waals surface area contributed by atoms with Crippen LogP contribution in [0.15, 0.2) is 12.1 Å². The Morgan fingerprint density at radius 1 is 1.15 bits per heavy atom. The zero-order chi connectivity index (χ0) is 15.1. The van der Waals surface area contributed by atoms with Crippen LogP contribution < -0.4 is 10.2 Å². The van der Waals surface area contributed by atoms with Gasteiger partial charge in [-0.2, -0.15) is 0 Å². The van der Waals surface area contributed by atoms with Crippen LogP contribution in [0.5, 0.6) is 5.75 Å². The second-order valence-corrected chi connectivity index (χ2v) is 6.16. The van der Waals surface area contributed by atoms with E-state index in [9.17, 15) is 4.79 Å². The molecule has 5 heteroatoms. The first-order valence-corrected chi connectivity index (χ1v) is 6.71. The molecule has 1 aliphatic heterocycles. The predicted octanol–water partition coefficient (Wildman–Crippen LogP) is 2.12. The number of carbonyl (C=O) groups is 1. The standard InChI is InChI=1S/C15H21BO4/c1-10-7-11(9-17)13(18-6)8-12(10)16-19-14(2,3)15(4,5)20-16/h7-9H,1-6H3. The number of rotatable bonds is 3. The maximum Gasteiger partial charge on any atom is 0.495 e. The first kappa shape index (κ1) is 15.1. The summed E-state index contributed by atoms with van der Waals surface area (Å²) in [5.74, 6) is 0.537. The van der Waals surface area contributed by atoms with Crippen LogP contribution in [0.25, 0.3) is 0 Å². The fourth-order valence-corrected chi connectivity index (χ4v) is 2.22. The largest absolute Gasteiger partial charge is 0.496 e. The molecule has 0 unspecified atom stereocenters. The van der Waals surface area contributed by atoms with Gasteiger partial charge in [0.1, 0.15) is 5.75 Å². The fraction of sp³-hybridized carbons (Fsp3) is 0.533. The Labute approximate surface area is 120 Å². The second-order valence-electron chi connectivity index (χ2n) is 6.16. The van der Waals surface area contributed by atoms with E-state index in [0.29, 0.717) is 11.3 Å². The van der Waals surface area contributed by atoms with Crippen molar-refractivity contribution in [2.75, 3.05) is 7.11 Å². The number of hydrogen-bond donors (Lipinski definition) is 0. The summed E-state index contributed by atoms with van der Waals surface area (Å²) in [6.45, 7) is 9.99. The number of carbonyl (C=O) groups excluding carboxylic acids is 1. The van der Waals surface area contributed by atoms with Crippen molar-refractivity contribution in [1.82, 2.24) is 0 Å². The number of aldehydes is 1. The van der Waals surface area contributed by atoms with Gasteiger partial charge < -0.3 is 14.0 Å². The molecule has 1 heterocycles. The van der Waals surface area contributed by atoms with E-state index in [1.54, 1.807) is 13.2 Å². The molecule has 1 aromatic carbocycles. The number of methoxy groups -OCH3 is 1. The van der Waals surface area contributed by atoms with Gasteiger partial charge in [0.05, 0.1) is 23.9 Å². The van der Waals surface area contributed by atoms with Crippen LogP contribution in [0.4, 0.5) is 0 Å². The van der Waals surface area contributed by atoms with E-state index < -0.39 is 7.12 Å². The predicted molar refractivity (Wildman–Crippen MR) is 78.8 cm³/mol. The summed E-state index contributed by atoms with van der Waals surface area (Å²) in [5.41, 5.74) is 1.60. The topological polar surface area (TPSA) is 44.8 Å². The molecule has 0 saturated carbocycles. The SMILES string of the molecule is COc1cc(B2OC(C)(C)C(C)(C)O2)c(C)cc1C=O. The summed E-state index contributed by atoms with van der Waals surface area (Å²) in [5, 5.41) is 0. The summed E-state index contributed by atoms with van der Waals surface area (Å²) in [6.07, 6.45) is 0.792. The fourth-order valence-electron chi connectivity index (χ4n) is 2.22. The number of ether oxygens (including phenoxy) is 1. The third kappa shape index (κ3) is 2.36. The lowest BCUT2D eigenvalue weighted by Crippen LogP contribution is -2.41. The smallest absolute Gasteiger partial charge is 0.495 e. The monoisotopic (exact) mass is 276 g/mol. The molecule has 2 rings (SSSR count). The van der Waals surface area contributed by atoms with Crippen molar-refractivity contribution in [3.63, 3.8) is 0 Å². The van der Waals surface area contributed by atoms with E-state index in [4.69, 9.17) is 14.0 Å². The molecule has 1 aromatic rings. The molecule has 0 aliphatic carbocycles. The Morgan fingerprint density at radius 3 is 2.15 bits per heavy atom. The van der Waals surface area contributed by atoms with Gasteiger partial charge in [0.2, 0.25) is 0 Å². The van der Waals surface area contributed by atoms with Crippen LogP contribution in [-0.4, -0.2) is 31.7 Å². The Balaban J connectivity index is 2.42. The highest BCUT2D eigenvalue weighted by atomic mass is 16.7. The van der Waals surface area contributed by atoms with Crippen LogP contribution in [0.2, 0.25) is 0 Å². The van der Waals surface area contributed by atoms with Crippen LogP contribution in [0, 0.1) is 6.92 Å². The highest BCUT2D eigenvalue weighted by Crippen LogP contribution is 2.37. The minimum Gasteiger partial charge on any atom is -0.496 e. The molecule has 0 aromatic heterocycles. The minimum atomic E-state index is -0.449. The lowest BCUT2D eigenvalue weighted by Gasteiger charge is -2.32. The molecule has 0 N–H and O–H groups in total. The zero-order valence-electron chi connectivity index (χ0n) is 12.9. The van der Waals surface area contributed by atoms with Gasteiger partial charge >= 0.3 is 7.12 Å². The molecule has 1 fully saturated rings. The molecule has 0 atom stereocenters. The van der Waals surface area contributed by atoms with Gasteiger partial charge in [-0.15, -0.1) is 0 Å². The lowest BCUT2D eigenvalue weighted by molar-refractivity contribution is 0.00578. The molecular weight excluding hydrogens is 255 g/mol. The molecule has 1 aliphatic rings. The van der Waals surface area contributed by atoms with Gasteiger partial charge in [-0.3, -0.25) is 4.79 Å². The van der Waals surface area contributed by atoms with Crippen molar-refractivity contribution in [3.8, 4) is 5.75 Å². The summed E-state index contributed by atoms with van der Waals surface area (Å²) < 4.78 is 17.3. The Bertz CT molecular complexity index is 521. The van der Waals surface area contributed by atoms with Gasteiger partial charge in [-0.25, -0.2) is 0 Å². The Hall–Kier alpha value is -1.33. The molecular formula is C15H21BO4. The third-order valence-corrected chi connectivity index (χ3v) is 4.25. The first-order valence-electron chi connectivity index (χ1n) is 6.71. The van der Waals surface area contributed by atoms with E-state index in [2.05, 4.69) is 0 Å². The van der Waals surface area contributed by atoms with Crippen molar-refractivity contribution in [1.29, 1.82) is 0 Å². The van der Waals surface area contributed by atoms with Crippen LogP contribution in [0.1, 0.15) is 43.6 Å². The van der Waals surface area contributed by atoms with E-state index >= 15 is 0 Å². The van der Waals surface area contributed by atoms with Crippen LogP contribution >= 0.6 is 0 Å². The molecule has 4 nitrogen and oxygen atoms in total. The van der Waals surface area contributed by atoms with Crippen LogP contribution in [-0.2, 0) is 9.31 Å². The van der Waals surface area contributed by atoms with Crippen molar-refractivity contribution < 1.29 is 18.8 Å². The normalized spacial score (nSPS) is 20.0. The molecule has 108 valence electrons. The van der Waals surface area contributed by atoms with Gasteiger partial charge in [-0.05, 0) is 52.2 Å². The van der Waals surface area contributed by atoms with Gasteiger partial charge in [-0.1, -0.05) is 5.56 Å². The highest BCUT2D eigenvalue weighted by Gasteiger charge is 2.52. The van der Waals surface area contributed by atoms with Crippen molar-refractivity contribution >= 4 is 18.9 Å². The van der Waals surface area contributed by atoms with Crippen molar-refractivity contribution in [2.24, 2.45) is 0 Å². The maximum absolute atomic E-state index is 11.0. The quantitative estimate of drug-likeness (QED) is 0.626. The van der Waals surface area contributed by atoms with Crippen molar-refractivity contribution in [2.45, 2.75) is 45.8 Å². The summed E-state index contributed by atoms with van der Waals surface area (Å²) in [7, 11) is 1.10. The summed E-state index contributed by atoms with van der Waals surface area (Å²) >= 11 is 0. The van der Waals surface area contributed by atoms with Gasteiger partial charge in [0, 0.05) is 0 Å². The van der Waals surface area contributed by atoms with Crippen LogP contribution in [0.3, 0.4) is 0 Å².